The second kappa shape index (κ2) is 5.08. The molecule has 0 atom stereocenters. The molecule has 7 nitrogen and oxygen atoms in total. The van der Waals surface area contributed by atoms with Crippen LogP contribution in [0.25, 0.3) is 10.9 Å². The van der Waals surface area contributed by atoms with Crippen LogP contribution in [-0.4, -0.2) is 22.8 Å². The first-order chi connectivity index (χ1) is 12.3. The van der Waals surface area contributed by atoms with Crippen molar-refractivity contribution in [1.82, 2.24) is 4.98 Å². The molecule has 26 heavy (non-hydrogen) atoms. The molecule has 3 N–H and O–H groups in total. The van der Waals surface area contributed by atoms with Gasteiger partial charge in [0.25, 0.3) is 0 Å². The van der Waals surface area contributed by atoms with Gasteiger partial charge in [0.1, 0.15) is 0 Å². The van der Waals surface area contributed by atoms with Crippen molar-refractivity contribution in [2.45, 2.75) is 19.3 Å². The molecule has 1 aliphatic rings. The molecule has 4 rings (SSSR count). The van der Waals surface area contributed by atoms with E-state index in [0.29, 0.717) is 28.1 Å². The number of aromatic amines is 1. The SMILES string of the molecule is COc1ccc2c(c1[N+](=O)[O-])C(C)(C)c1[nH]c3cc(N)ccc3c1C2=O. The number of H-pyrrole nitrogens is 1. The highest BCUT2D eigenvalue weighted by molar-refractivity contribution is 6.20. The summed E-state index contributed by atoms with van der Waals surface area (Å²) in [5, 5.41) is 12.5. The molecule has 1 heterocycles. The van der Waals surface area contributed by atoms with Gasteiger partial charge in [-0.25, -0.2) is 0 Å². The summed E-state index contributed by atoms with van der Waals surface area (Å²) in [6.45, 7) is 3.73. The van der Waals surface area contributed by atoms with Crippen molar-refractivity contribution in [2.24, 2.45) is 0 Å². The molecular weight excluding hydrogens is 334 g/mol. The number of rotatable bonds is 2. The number of carbonyl (C=O) groups excluding carboxylic acids is 1. The van der Waals surface area contributed by atoms with Crippen LogP contribution in [-0.2, 0) is 5.41 Å². The van der Waals surface area contributed by atoms with E-state index < -0.39 is 10.3 Å². The number of nitrogens with one attached hydrogen (secondary N) is 1. The van der Waals surface area contributed by atoms with Crippen molar-refractivity contribution in [3.8, 4) is 5.75 Å². The van der Waals surface area contributed by atoms with Gasteiger partial charge in [-0.3, -0.25) is 14.9 Å². The molecule has 2 aromatic carbocycles. The lowest BCUT2D eigenvalue weighted by atomic mass is 9.70. The molecule has 7 heteroatoms. The lowest BCUT2D eigenvalue weighted by molar-refractivity contribution is -0.386. The van der Waals surface area contributed by atoms with E-state index in [-0.39, 0.29) is 17.2 Å². The number of aromatic nitrogens is 1. The van der Waals surface area contributed by atoms with E-state index >= 15 is 0 Å². The molecule has 0 radical (unpaired) electrons. The van der Waals surface area contributed by atoms with Crippen molar-refractivity contribution >= 4 is 28.1 Å². The molecule has 1 aromatic heterocycles. The number of nitrogen functional groups attached to an aromatic ring is 1. The van der Waals surface area contributed by atoms with Gasteiger partial charge in [-0.05, 0) is 38.1 Å². The smallest absolute Gasteiger partial charge is 0.315 e. The molecule has 0 amide bonds. The molecule has 0 saturated heterocycles. The molecule has 3 aromatic rings. The van der Waals surface area contributed by atoms with Crippen LogP contribution in [0.3, 0.4) is 0 Å². The Labute approximate surface area is 148 Å². The van der Waals surface area contributed by atoms with E-state index in [9.17, 15) is 14.9 Å². The van der Waals surface area contributed by atoms with Gasteiger partial charge in [-0.1, -0.05) is 6.07 Å². The lowest BCUT2D eigenvalue weighted by Gasteiger charge is -2.31. The second-order valence-corrected chi connectivity index (χ2v) is 6.93. The number of nitrogens with zero attached hydrogens (tertiary/aromatic N) is 1. The zero-order chi connectivity index (χ0) is 18.8. The summed E-state index contributed by atoms with van der Waals surface area (Å²) in [6.07, 6.45) is 0. The summed E-state index contributed by atoms with van der Waals surface area (Å²) in [5.41, 5.74) is 8.08. The van der Waals surface area contributed by atoms with Crippen LogP contribution in [0.2, 0.25) is 0 Å². The highest BCUT2D eigenvalue weighted by atomic mass is 16.6. The van der Waals surface area contributed by atoms with E-state index in [4.69, 9.17) is 10.5 Å². The number of hydrogen-bond donors (Lipinski definition) is 2. The summed E-state index contributed by atoms with van der Waals surface area (Å²) >= 11 is 0. The van der Waals surface area contributed by atoms with Gasteiger partial charge in [0.05, 0.1) is 23.2 Å². The number of hydrogen-bond acceptors (Lipinski definition) is 5. The number of ether oxygens (including phenoxy) is 1. The van der Waals surface area contributed by atoms with Crippen molar-refractivity contribution in [3.05, 3.63) is 62.8 Å². The molecule has 0 bridgehead atoms. The molecular formula is C19H17N3O4. The molecule has 0 unspecified atom stereocenters. The van der Waals surface area contributed by atoms with Crippen molar-refractivity contribution in [1.29, 1.82) is 0 Å². The van der Waals surface area contributed by atoms with Crippen LogP contribution >= 0.6 is 0 Å². The molecule has 1 aliphatic carbocycles. The zero-order valence-corrected chi connectivity index (χ0v) is 14.5. The third kappa shape index (κ3) is 1.91. The Kier molecular flexibility index (Phi) is 3.15. The molecule has 0 fully saturated rings. The molecule has 0 saturated carbocycles. The summed E-state index contributed by atoms with van der Waals surface area (Å²) in [7, 11) is 1.38. The minimum absolute atomic E-state index is 0.137. The Morgan fingerprint density at radius 2 is 1.96 bits per heavy atom. The summed E-state index contributed by atoms with van der Waals surface area (Å²) < 4.78 is 5.18. The number of methoxy groups -OCH3 is 1. The predicted molar refractivity (Wildman–Crippen MR) is 97.9 cm³/mol. The van der Waals surface area contributed by atoms with Gasteiger partial charge in [0.15, 0.2) is 11.5 Å². The number of benzene rings is 2. The van der Waals surface area contributed by atoms with Gasteiger partial charge >= 0.3 is 5.69 Å². The maximum atomic E-state index is 13.2. The van der Waals surface area contributed by atoms with Crippen LogP contribution in [0.1, 0.15) is 41.0 Å². The third-order valence-corrected chi connectivity index (χ3v) is 5.09. The van der Waals surface area contributed by atoms with Crippen LogP contribution in [0, 0.1) is 10.1 Å². The first kappa shape index (κ1) is 16.1. The fourth-order valence-electron chi connectivity index (χ4n) is 3.92. The topological polar surface area (TPSA) is 111 Å². The number of ketones is 1. The standard InChI is InChI=1S/C19H17N3O4/c1-19(2)15-11(6-7-13(26-3)16(15)22(24)25)17(23)14-10-5-4-9(20)8-12(10)21-18(14)19/h4-8,21H,20H2,1-3H3. The highest BCUT2D eigenvalue weighted by Gasteiger charge is 2.45. The first-order valence-corrected chi connectivity index (χ1v) is 8.09. The Balaban J connectivity index is 2.13. The number of nitro groups is 1. The quantitative estimate of drug-likeness (QED) is 0.417. The van der Waals surface area contributed by atoms with Gasteiger partial charge in [0, 0.05) is 33.3 Å². The number of nitrogens with two attached hydrogens (primary N) is 1. The Hall–Kier alpha value is -3.35. The number of nitro benzene ring substituents is 1. The predicted octanol–water partition coefficient (Wildman–Crippen LogP) is 3.54. The van der Waals surface area contributed by atoms with E-state index in [0.717, 1.165) is 10.9 Å². The maximum Gasteiger partial charge on any atom is 0.315 e. The zero-order valence-electron chi connectivity index (χ0n) is 14.5. The summed E-state index contributed by atoms with van der Waals surface area (Å²) in [6, 6.07) is 8.38. The largest absolute Gasteiger partial charge is 0.490 e. The van der Waals surface area contributed by atoms with Crippen molar-refractivity contribution in [3.63, 3.8) is 0 Å². The third-order valence-electron chi connectivity index (χ3n) is 5.09. The molecule has 132 valence electrons. The highest BCUT2D eigenvalue weighted by Crippen LogP contribution is 2.49. The lowest BCUT2D eigenvalue weighted by Crippen LogP contribution is -2.31. The van der Waals surface area contributed by atoms with E-state index in [1.54, 1.807) is 24.3 Å². The number of anilines is 1. The van der Waals surface area contributed by atoms with Crippen molar-refractivity contribution in [2.75, 3.05) is 12.8 Å². The van der Waals surface area contributed by atoms with E-state index in [1.807, 2.05) is 13.8 Å². The van der Waals surface area contributed by atoms with Crippen molar-refractivity contribution < 1.29 is 14.5 Å². The van der Waals surface area contributed by atoms with E-state index in [2.05, 4.69) is 4.98 Å². The Morgan fingerprint density at radius 3 is 2.62 bits per heavy atom. The first-order valence-electron chi connectivity index (χ1n) is 8.09. The summed E-state index contributed by atoms with van der Waals surface area (Å²) in [5.74, 6) is -0.102. The minimum Gasteiger partial charge on any atom is -0.490 e. The fourth-order valence-corrected chi connectivity index (χ4v) is 3.92. The van der Waals surface area contributed by atoms with E-state index in [1.165, 1.54) is 13.2 Å². The average molecular weight is 351 g/mol. The van der Waals surface area contributed by atoms with Crippen LogP contribution in [0.4, 0.5) is 11.4 Å². The van der Waals surface area contributed by atoms with Gasteiger partial charge in [-0.15, -0.1) is 0 Å². The Bertz CT molecular complexity index is 1110. The number of fused-ring (bicyclic) bond motifs is 4. The van der Waals surface area contributed by atoms with Gasteiger partial charge in [-0.2, -0.15) is 0 Å². The summed E-state index contributed by atoms with van der Waals surface area (Å²) in [4.78, 5) is 27.7. The Morgan fingerprint density at radius 1 is 1.23 bits per heavy atom. The normalized spacial score (nSPS) is 14.8. The van der Waals surface area contributed by atoms with Gasteiger partial charge in [0.2, 0.25) is 0 Å². The minimum atomic E-state index is -0.788. The second-order valence-electron chi connectivity index (χ2n) is 6.93. The fraction of sp³-hybridized carbons (Fsp3) is 0.211. The molecule has 0 aliphatic heterocycles. The van der Waals surface area contributed by atoms with Crippen LogP contribution < -0.4 is 10.5 Å². The average Bonchev–Trinajstić information content (AvgIpc) is 2.98. The number of carbonyl (C=O) groups is 1. The molecule has 0 spiro atoms. The maximum absolute atomic E-state index is 13.2. The monoisotopic (exact) mass is 351 g/mol. The van der Waals surface area contributed by atoms with Gasteiger partial charge < -0.3 is 15.5 Å². The van der Waals surface area contributed by atoms with Crippen LogP contribution in [0.5, 0.6) is 5.75 Å². The van der Waals surface area contributed by atoms with Crippen LogP contribution in [0.15, 0.2) is 30.3 Å².